The summed E-state index contributed by atoms with van der Waals surface area (Å²) in [5.41, 5.74) is 4.93. The first-order valence-corrected chi connectivity index (χ1v) is 6.39. The molecule has 104 valence electrons. The second kappa shape index (κ2) is 6.10. The second-order valence-electron chi connectivity index (χ2n) is 4.78. The maximum absolute atomic E-state index is 11.3. The molecular weight excluding hydrogens is 254 g/mol. The van der Waals surface area contributed by atoms with E-state index in [0.29, 0.717) is 11.6 Å². The van der Waals surface area contributed by atoms with E-state index in [2.05, 4.69) is 51.7 Å². The molecule has 0 unspecified atom stereocenters. The van der Waals surface area contributed by atoms with Crippen molar-refractivity contribution in [1.29, 1.82) is 0 Å². The molecule has 6 heteroatoms. The van der Waals surface area contributed by atoms with E-state index in [1.807, 2.05) is 12.1 Å². The van der Waals surface area contributed by atoms with Gasteiger partial charge in [0.2, 0.25) is 5.95 Å². The van der Waals surface area contributed by atoms with E-state index >= 15 is 0 Å². The van der Waals surface area contributed by atoms with Gasteiger partial charge in [0.15, 0.2) is 0 Å². The molecule has 0 aliphatic carbocycles. The molecule has 0 atom stereocenters. The van der Waals surface area contributed by atoms with Crippen molar-refractivity contribution in [3.05, 3.63) is 51.4 Å². The minimum atomic E-state index is -0.279. The van der Waals surface area contributed by atoms with Crippen molar-refractivity contribution in [3.8, 4) is 0 Å². The molecule has 0 radical (unpaired) electrons. The zero-order valence-electron chi connectivity index (χ0n) is 11.7. The molecule has 0 aliphatic heterocycles. The molecular formula is C14H17N5O. The molecule has 0 saturated carbocycles. The number of benzene rings is 1. The maximum atomic E-state index is 11.3. The van der Waals surface area contributed by atoms with Crippen LogP contribution >= 0.6 is 0 Å². The average molecular weight is 271 g/mol. The number of hydrogen-bond acceptors (Lipinski definition) is 5. The molecule has 1 heterocycles. The van der Waals surface area contributed by atoms with E-state index in [1.54, 1.807) is 13.1 Å². The van der Waals surface area contributed by atoms with E-state index in [4.69, 9.17) is 0 Å². The summed E-state index contributed by atoms with van der Waals surface area (Å²) in [6.07, 6.45) is 1.66. The van der Waals surface area contributed by atoms with Gasteiger partial charge in [-0.05, 0) is 24.0 Å². The average Bonchev–Trinajstić information content (AvgIpc) is 2.43. The van der Waals surface area contributed by atoms with Crippen molar-refractivity contribution in [3.63, 3.8) is 0 Å². The predicted molar refractivity (Wildman–Crippen MR) is 79.1 cm³/mol. The Balaban J connectivity index is 2.02. The largest absolute Gasteiger partial charge is 0.288 e. The van der Waals surface area contributed by atoms with Crippen LogP contribution in [-0.2, 0) is 0 Å². The van der Waals surface area contributed by atoms with E-state index < -0.39 is 0 Å². The van der Waals surface area contributed by atoms with Gasteiger partial charge in [-0.25, -0.2) is 5.43 Å². The van der Waals surface area contributed by atoms with Crippen LogP contribution in [0, 0.1) is 6.92 Å². The van der Waals surface area contributed by atoms with Gasteiger partial charge in [-0.2, -0.15) is 5.10 Å². The number of nitrogens with one attached hydrogen (secondary N) is 2. The van der Waals surface area contributed by atoms with Crippen LogP contribution < -0.4 is 11.0 Å². The molecule has 0 saturated heterocycles. The van der Waals surface area contributed by atoms with Crippen molar-refractivity contribution >= 4 is 12.2 Å². The summed E-state index contributed by atoms with van der Waals surface area (Å²) in [7, 11) is 0. The van der Waals surface area contributed by atoms with E-state index in [9.17, 15) is 4.79 Å². The van der Waals surface area contributed by atoms with Crippen LogP contribution in [0.1, 0.15) is 36.6 Å². The lowest BCUT2D eigenvalue weighted by Gasteiger charge is -2.04. The van der Waals surface area contributed by atoms with Gasteiger partial charge in [0.05, 0.1) is 6.21 Å². The zero-order valence-corrected chi connectivity index (χ0v) is 11.7. The first-order chi connectivity index (χ1) is 9.56. The van der Waals surface area contributed by atoms with Gasteiger partial charge in [-0.1, -0.05) is 38.1 Å². The second-order valence-corrected chi connectivity index (χ2v) is 4.78. The minimum absolute atomic E-state index is 0.218. The summed E-state index contributed by atoms with van der Waals surface area (Å²) in [6, 6.07) is 8.12. The topological polar surface area (TPSA) is 83.0 Å². The van der Waals surface area contributed by atoms with Crippen molar-refractivity contribution in [2.24, 2.45) is 5.10 Å². The molecule has 2 N–H and O–H groups in total. The molecule has 0 amide bonds. The first-order valence-electron chi connectivity index (χ1n) is 6.39. The van der Waals surface area contributed by atoms with Crippen LogP contribution in [0.4, 0.5) is 5.95 Å². The highest BCUT2D eigenvalue weighted by molar-refractivity contribution is 5.80. The molecule has 1 aromatic heterocycles. The minimum Gasteiger partial charge on any atom is -0.288 e. The number of rotatable bonds is 4. The molecule has 0 aliphatic rings. The van der Waals surface area contributed by atoms with Crippen LogP contribution in [0.15, 0.2) is 34.2 Å². The Morgan fingerprint density at radius 2 is 1.95 bits per heavy atom. The standard InChI is InChI=1S/C14H17N5O/c1-9(2)12-6-4-11(5-7-12)8-15-18-14-16-13(20)10(3)17-19-14/h4-9H,1-3H3,(H2,16,18,19,20)/b15-8+. The van der Waals surface area contributed by atoms with Gasteiger partial charge in [0.1, 0.15) is 5.69 Å². The number of H-pyrrole nitrogens is 1. The van der Waals surface area contributed by atoms with E-state index in [1.165, 1.54) is 5.56 Å². The van der Waals surface area contributed by atoms with Crippen LogP contribution in [0.5, 0.6) is 0 Å². The maximum Gasteiger partial charge on any atom is 0.274 e. The third kappa shape index (κ3) is 3.50. The van der Waals surface area contributed by atoms with Crippen LogP contribution in [0.25, 0.3) is 0 Å². The molecule has 0 spiro atoms. The SMILES string of the molecule is Cc1nnc(N/N=C/c2ccc(C(C)C)cc2)[nH]c1=O. The lowest BCUT2D eigenvalue weighted by atomic mass is 10.0. The molecule has 6 nitrogen and oxygen atoms in total. The van der Waals surface area contributed by atoms with Gasteiger partial charge >= 0.3 is 0 Å². The summed E-state index contributed by atoms with van der Waals surface area (Å²) in [5, 5.41) is 11.5. The molecule has 20 heavy (non-hydrogen) atoms. The summed E-state index contributed by atoms with van der Waals surface area (Å²) >= 11 is 0. The Hall–Kier alpha value is -2.50. The Kier molecular flexibility index (Phi) is 4.24. The lowest BCUT2D eigenvalue weighted by Crippen LogP contribution is -2.15. The first kappa shape index (κ1) is 13.9. The Bertz CT molecular complexity index is 658. The third-order valence-corrected chi connectivity index (χ3v) is 2.85. The summed E-state index contributed by atoms with van der Waals surface area (Å²) in [5.74, 6) is 0.725. The summed E-state index contributed by atoms with van der Waals surface area (Å²) < 4.78 is 0. The van der Waals surface area contributed by atoms with E-state index in [-0.39, 0.29) is 11.5 Å². The highest BCUT2D eigenvalue weighted by Crippen LogP contribution is 2.13. The predicted octanol–water partition coefficient (Wildman–Crippen LogP) is 2.04. The molecule has 2 rings (SSSR count). The van der Waals surface area contributed by atoms with Crippen molar-refractivity contribution < 1.29 is 0 Å². The molecule has 2 aromatic rings. The Morgan fingerprint density at radius 1 is 1.25 bits per heavy atom. The van der Waals surface area contributed by atoms with Crippen molar-refractivity contribution in [1.82, 2.24) is 15.2 Å². The number of hydrogen-bond donors (Lipinski definition) is 2. The van der Waals surface area contributed by atoms with Gasteiger partial charge in [0, 0.05) is 0 Å². The molecule has 0 bridgehead atoms. The lowest BCUT2D eigenvalue weighted by molar-refractivity contribution is 0.866. The number of aromatic nitrogens is 3. The van der Waals surface area contributed by atoms with Gasteiger partial charge < -0.3 is 0 Å². The van der Waals surface area contributed by atoms with Crippen molar-refractivity contribution in [2.45, 2.75) is 26.7 Å². The van der Waals surface area contributed by atoms with Crippen LogP contribution in [-0.4, -0.2) is 21.4 Å². The number of aryl methyl sites for hydroxylation is 1. The normalized spacial score (nSPS) is 11.2. The van der Waals surface area contributed by atoms with E-state index in [0.717, 1.165) is 5.56 Å². The highest BCUT2D eigenvalue weighted by atomic mass is 16.1. The van der Waals surface area contributed by atoms with Crippen LogP contribution in [0.2, 0.25) is 0 Å². The number of nitrogens with zero attached hydrogens (tertiary/aromatic N) is 3. The fourth-order valence-electron chi connectivity index (χ4n) is 1.58. The number of anilines is 1. The van der Waals surface area contributed by atoms with Crippen LogP contribution in [0.3, 0.4) is 0 Å². The zero-order chi connectivity index (χ0) is 14.5. The van der Waals surface area contributed by atoms with Gasteiger partial charge in [0.25, 0.3) is 5.56 Å². The summed E-state index contributed by atoms with van der Waals surface area (Å²) in [4.78, 5) is 13.9. The Labute approximate surface area is 117 Å². The summed E-state index contributed by atoms with van der Waals surface area (Å²) in [6.45, 7) is 5.89. The van der Waals surface area contributed by atoms with Gasteiger partial charge in [-0.3, -0.25) is 9.78 Å². The molecule has 0 fully saturated rings. The third-order valence-electron chi connectivity index (χ3n) is 2.85. The highest BCUT2D eigenvalue weighted by Gasteiger charge is 1.99. The molecule has 1 aromatic carbocycles. The number of aromatic amines is 1. The van der Waals surface area contributed by atoms with Crippen molar-refractivity contribution in [2.75, 3.05) is 5.43 Å². The Morgan fingerprint density at radius 3 is 2.55 bits per heavy atom. The fourth-order valence-corrected chi connectivity index (χ4v) is 1.58. The fraction of sp³-hybridized carbons (Fsp3) is 0.286. The quantitative estimate of drug-likeness (QED) is 0.658. The van der Waals surface area contributed by atoms with Gasteiger partial charge in [-0.15, -0.1) is 10.2 Å². The number of hydrazone groups is 1. The monoisotopic (exact) mass is 271 g/mol. The smallest absolute Gasteiger partial charge is 0.274 e.